The van der Waals surface area contributed by atoms with Crippen molar-refractivity contribution in [1.82, 2.24) is 25.3 Å². The molecular formula is C27H41N5O4. The number of likely N-dealkylation sites (N-methyl/N-ethyl adjacent to an activating group) is 1. The first-order valence-corrected chi connectivity index (χ1v) is 12.8. The number of urea groups is 2. The fourth-order valence-electron chi connectivity index (χ4n) is 4.75. The van der Waals surface area contributed by atoms with Crippen molar-refractivity contribution >= 4 is 18.0 Å². The van der Waals surface area contributed by atoms with Crippen LogP contribution in [0.2, 0.25) is 0 Å². The van der Waals surface area contributed by atoms with Crippen molar-refractivity contribution in [3.05, 3.63) is 46.7 Å². The maximum Gasteiger partial charge on any atom is 0.338 e. The summed E-state index contributed by atoms with van der Waals surface area (Å²) in [5.74, 6) is -0.423. The van der Waals surface area contributed by atoms with E-state index in [1.54, 1.807) is 11.8 Å². The van der Waals surface area contributed by atoms with E-state index in [1.807, 2.05) is 70.7 Å². The Morgan fingerprint density at radius 3 is 2.36 bits per heavy atom. The van der Waals surface area contributed by atoms with Crippen molar-refractivity contribution in [2.45, 2.75) is 66.1 Å². The third kappa shape index (κ3) is 6.37. The van der Waals surface area contributed by atoms with Crippen LogP contribution in [0.15, 0.2) is 35.5 Å². The van der Waals surface area contributed by atoms with Crippen LogP contribution in [0.5, 0.6) is 0 Å². The van der Waals surface area contributed by atoms with Crippen molar-refractivity contribution in [1.29, 1.82) is 0 Å². The van der Waals surface area contributed by atoms with E-state index in [2.05, 4.69) is 15.5 Å². The van der Waals surface area contributed by atoms with Crippen LogP contribution in [0.25, 0.3) is 0 Å². The fraction of sp³-hybridized carbons (Fsp3) is 0.593. The Hall–Kier alpha value is -3.07. The number of amides is 4. The topological polar surface area (TPSA) is 94.2 Å². The number of carbonyl (C=O) groups excluding carboxylic acids is 3. The summed E-state index contributed by atoms with van der Waals surface area (Å²) in [5, 5.41) is 6.05. The molecule has 2 aliphatic rings. The highest BCUT2D eigenvalue weighted by atomic mass is 16.5. The molecule has 2 N–H and O–H groups in total. The van der Waals surface area contributed by atoms with Gasteiger partial charge in [-0.1, -0.05) is 29.8 Å². The Morgan fingerprint density at radius 2 is 1.81 bits per heavy atom. The standard InChI is InChI=1S/C27H41N5O4/c1-8-31-21(17-30-14-15-32(19(4)16-30)26(35)29-27(5,6)7)22(24(33)36-9-2)23(28-25(31)34)20-12-10-18(3)11-13-20/h10-13,19,23H,8-9,14-17H2,1-7H3,(H,28,34)(H,29,35). The minimum atomic E-state index is -0.591. The molecule has 9 heteroatoms. The van der Waals surface area contributed by atoms with Gasteiger partial charge in [0, 0.05) is 50.0 Å². The number of esters is 1. The van der Waals surface area contributed by atoms with Gasteiger partial charge in [-0.3, -0.25) is 9.80 Å². The first-order chi connectivity index (χ1) is 16.9. The lowest BCUT2D eigenvalue weighted by Gasteiger charge is -2.43. The molecule has 0 bridgehead atoms. The number of carbonyl (C=O) groups is 3. The zero-order chi connectivity index (χ0) is 26.6. The third-order valence-electron chi connectivity index (χ3n) is 6.49. The van der Waals surface area contributed by atoms with Crippen LogP contribution >= 0.6 is 0 Å². The van der Waals surface area contributed by atoms with Crippen molar-refractivity contribution < 1.29 is 19.1 Å². The first-order valence-electron chi connectivity index (χ1n) is 12.8. The summed E-state index contributed by atoms with van der Waals surface area (Å²) < 4.78 is 5.47. The molecule has 2 unspecified atom stereocenters. The summed E-state index contributed by atoms with van der Waals surface area (Å²) in [7, 11) is 0. The average Bonchev–Trinajstić information content (AvgIpc) is 2.78. The highest BCUT2D eigenvalue weighted by Crippen LogP contribution is 2.32. The van der Waals surface area contributed by atoms with Crippen LogP contribution in [0.4, 0.5) is 9.59 Å². The third-order valence-corrected chi connectivity index (χ3v) is 6.49. The van der Waals surface area contributed by atoms with Gasteiger partial charge >= 0.3 is 18.0 Å². The summed E-state index contributed by atoms with van der Waals surface area (Å²) >= 11 is 0. The number of hydrogen-bond acceptors (Lipinski definition) is 5. The average molecular weight is 500 g/mol. The molecule has 198 valence electrons. The summed E-state index contributed by atoms with van der Waals surface area (Å²) in [6.07, 6.45) is 0. The van der Waals surface area contributed by atoms with Crippen LogP contribution < -0.4 is 10.6 Å². The van der Waals surface area contributed by atoms with Gasteiger partial charge in [0.2, 0.25) is 0 Å². The van der Waals surface area contributed by atoms with Crippen LogP contribution in [0.1, 0.15) is 58.7 Å². The lowest BCUT2D eigenvalue weighted by molar-refractivity contribution is -0.139. The Balaban J connectivity index is 1.92. The molecule has 2 atom stereocenters. The van der Waals surface area contributed by atoms with E-state index < -0.39 is 12.0 Å². The molecule has 1 aromatic carbocycles. The zero-order valence-corrected chi connectivity index (χ0v) is 22.7. The van der Waals surface area contributed by atoms with Gasteiger partial charge in [0.1, 0.15) is 0 Å². The number of ether oxygens (including phenoxy) is 1. The Labute approximate surface area is 214 Å². The lowest BCUT2D eigenvalue weighted by atomic mass is 9.93. The van der Waals surface area contributed by atoms with Gasteiger partial charge in [-0.15, -0.1) is 0 Å². The van der Waals surface area contributed by atoms with E-state index >= 15 is 0 Å². The molecule has 1 aromatic rings. The number of nitrogens with zero attached hydrogens (tertiary/aromatic N) is 3. The maximum atomic E-state index is 13.3. The second kappa shape index (κ2) is 11.3. The molecule has 2 aliphatic heterocycles. The highest BCUT2D eigenvalue weighted by Gasteiger charge is 2.39. The van der Waals surface area contributed by atoms with E-state index in [0.29, 0.717) is 44.0 Å². The first kappa shape index (κ1) is 27.5. The monoisotopic (exact) mass is 499 g/mol. The molecule has 0 aromatic heterocycles. The summed E-state index contributed by atoms with van der Waals surface area (Å²) in [4.78, 5) is 44.9. The number of aryl methyl sites for hydroxylation is 1. The second-order valence-electron chi connectivity index (χ2n) is 10.6. The predicted octanol–water partition coefficient (Wildman–Crippen LogP) is 3.41. The number of rotatable bonds is 6. The van der Waals surface area contributed by atoms with Crippen LogP contribution in [0.3, 0.4) is 0 Å². The zero-order valence-electron chi connectivity index (χ0n) is 22.7. The molecule has 3 rings (SSSR count). The van der Waals surface area contributed by atoms with E-state index in [9.17, 15) is 14.4 Å². The van der Waals surface area contributed by atoms with E-state index in [4.69, 9.17) is 4.74 Å². The Bertz CT molecular complexity index is 998. The largest absolute Gasteiger partial charge is 0.463 e. The van der Waals surface area contributed by atoms with Crippen molar-refractivity contribution in [2.75, 3.05) is 39.3 Å². The summed E-state index contributed by atoms with van der Waals surface area (Å²) in [5.41, 5.74) is 2.74. The predicted molar refractivity (Wildman–Crippen MR) is 139 cm³/mol. The molecule has 0 spiro atoms. The van der Waals surface area contributed by atoms with Gasteiger partial charge < -0.3 is 20.3 Å². The molecule has 0 aliphatic carbocycles. The number of hydrogen-bond donors (Lipinski definition) is 2. The van der Waals surface area contributed by atoms with Gasteiger partial charge in [0.25, 0.3) is 0 Å². The molecule has 9 nitrogen and oxygen atoms in total. The number of piperazine rings is 1. The normalized spacial score (nSPS) is 21.4. The van der Waals surface area contributed by atoms with Gasteiger partial charge in [0.05, 0.1) is 18.2 Å². The molecule has 36 heavy (non-hydrogen) atoms. The minimum Gasteiger partial charge on any atom is -0.463 e. The highest BCUT2D eigenvalue weighted by molar-refractivity contribution is 5.95. The van der Waals surface area contributed by atoms with Crippen molar-refractivity contribution in [3.63, 3.8) is 0 Å². The smallest absolute Gasteiger partial charge is 0.338 e. The molecular weight excluding hydrogens is 458 g/mol. The number of benzene rings is 1. The van der Waals surface area contributed by atoms with Crippen LogP contribution in [-0.4, -0.2) is 83.6 Å². The molecule has 2 heterocycles. The molecule has 4 amide bonds. The molecule has 0 saturated carbocycles. The van der Waals surface area contributed by atoms with Gasteiger partial charge in [-0.2, -0.15) is 0 Å². The van der Waals surface area contributed by atoms with Crippen molar-refractivity contribution in [2.24, 2.45) is 0 Å². The Morgan fingerprint density at radius 1 is 1.14 bits per heavy atom. The van der Waals surface area contributed by atoms with Crippen LogP contribution in [-0.2, 0) is 9.53 Å². The second-order valence-corrected chi connectivity index (χ2v) is 10.6. The van der Waals surface area contributed by atoms with Gasteiger partial charge in [-0.25, -0.2) is 14.4 Å². The maximum absolute atomic E-state index is 13.3. The lowest BCUT2D eigenvalue weighted by Crippen LogP contribution is -2.59. The van der Waals surface area contributed by atoms with E-state index in [0.717, 1.165) is 11.1 Å². The molecule has 1 saturated heterocycles. The molecule has 0 radical (unpaired) electrons. The van der Waals surface area contributed by atoms with Crippen molar-refractivity contribution in [3.8, 4) is 0 Å². The van der Waals surface area contributed by atoms with Gasteiger partial charge in [0.15, 0.2) is 0 Å². The van der Waals surface area contributed by atoms with Gasteiger partial charge in [-0.05, 0) is 54.0 Å². The fourth-order valence-corrected chi connectivity index (χ4v) is 4.75. The van der Waals surface area contributed by atoms with Crippen LogP contribution in [0, 0.1) is 6.92 Å². The Kier molecular flexibility index (Phi) is 8.66. The van der Waals surface area contributed by atoms with E-state index in [-0.39, 0.29) is 30.2 Å². The summed E-state index contributed by atoms with van der Waals surface area (Å²) in [6, 6.07) is 6.90. The summed E-state index contributed by atoms with van der Waals surface area (Å²) in [6.45, 7) is 16.5. The van der Waals surface area contributed by atoms with E-state index in [1.165, 1.54) is 0 Å². The SMILES string of the molecule is CCOC(=O)C1=C(CN2CCN(C(=O)NC(C)(C)C)C(C)C2)N(CC)C(=O)NC1c1ccc(C)cc1. The number of nitrogens with one attached hydrogen (secondary N) is 2. The minimum absolute atomic E-state index is 0.0202. The quantitative estimate of drug-likeness (QED) is 0.585. The molecule has 1 fully saturated rings.